The molecule has 0 heterocycles. The molecular formula is C10H18N2O2S. The SMILES string of the molecule is CCC(C)S(=O)(=O)C1(N)C=CC=CC1N. The molecule has 1 rings (SSSR count). The summed E-state index contributed by atoms with van der Waals surface area (Å²) in [4.78, 5) is -1.46. The first-order valence-corrected chi connectivity index (χ1v) is 6.54. The van der Waals surface area contributed by atoms with Crippen LogP contribution in [-0.2, 0) is 9.84 Å². The number of hydrogen-bond donors (Lipinski definition) is 2. The summed E-state index contributed by atoms with van der Waals surface area (Å²) in [6.07, 6.45) is 6.95. The topological polar surface area (TPSA) is 86.2 Å². The molecule has 4 nitrogen and oxygen atoms in total. The lowest BCUT2D eigenvalue weighted by atomic mass is 10.0. The van der Waals surface area contributed by atoms with E-state index >= 15 is 0 Å². The standard InChI is InChI=1S/C10H18N2O2S/c1-3-8(2)15(13,14)10(12)7-5-4-6-9(10)11/h4-9H,3,11-12H2,1-2H3. The molecular weight excluding hydrogens is 212 g/mol. The van der Waals surface area contributed by atoms with Gasteiger partial charge < -0.3 is 11.5 Å². The molecule has 1 aliphatic carbocycles. The Labute approximate surface area is 90.9 Å². The van der Waals surface area contributed by atoms with Crippen LogP contribution >= 0.6 is 0 Å². The van der Waals surface area contributed by atoms with Crippen LogP contribution in [-0.4, -0.2) is 24.6 Å². The smallest absolute Gasteiger partial charge is 0.176 e. The Bertz CT molecular complexity index is 386. The van der Waals surface area contributed by atoms with Gasteiger partial charge in [0.2, 0.25) is 0 Å². The molecule has 0 saturated carbocycles. The van der Waals surface area contributed by atoms with Crippen molar-refractivity contribution in [2.24, 2.45) is 11.5 Å². The molecule has 0 aromatic heterocycles. The third-order valence-corrected chi connectivity index (χ3v) is 5.69. The Balaban J connectivity index is 3.16. The highest BCUT2D eigenvalue weighted by atomic mass is 32.2. The maximum atomic E-state index is 12.2. The van der Waals surface area contributed by atoms with Crippen LogP contribution < -0.4 is 11.5 Å². The second kappa shape index (κ2) is 4.08. The molecule has 0 radical (unpaired) electrons. The van der Waals surface area contributed by atoms with Gasteiger partial charge in [-0.2, -0.15) is 0 Å². The highest BCUT2D eigenvalue weighted by Gasteiger charge is 2.45. The van der Waals surface area contributed by atoms with E-state index in [-0.39, 0.29) is 0 Å². The number of rotatable bonds is 3. The van der Waals surface area contributed by atoms with E-state index in [1.807, 2.05) is 6.92 Å². The summed E-state index contributed by atoms with van der Waals surface area (Å²) in [5.41, 5.74) is 11.7. The van der Waals surface area contributed by atoms with E-state index in [2.05, 4.69) is 0 Å². The Morgan fingerprint density at radius 1 is 1.47 bits per heavy atom. The normalized spacial score (nSPS) is 32.9. The van der Waals surface area contributed by atoms with Crippen molar-refractivity contribution >= 4 is 9.84 Å². The monoisotopic (exact) mass is 230 g/mol. The Morgan fingerprint density at radius 2 is 2.07 bits per heavy atom. The maximum Gasteiger partial charge on any atom is 0.176 e. The molecule has 0 spiro atoms. The zero-order valence-corrected chi connectivity index (χ0v) is 9.87. The summed E-state index contributed by atoms with van der Waals surface area (Å²) >= 11 is 0. The van der Waals surface area contributed by atoms with Gasteiger partial charge in [0.15, 0.2) is 14.7 Å². The zero-order valence-electron chi connectivity index (χ0n) is 9.05. The molecule has 0 aromatic rings. The predicted octanol–water partition coefficient (Wildman–Crippen LogP) is 0.308. The lowest BCUT2D eigenvalue weighted by molar-refractivity contribution is 0.519. The second-order valence-corrected chi connectivity index (χ2v) is 6.49. The fourth-order valence-corrected chi connectivity index (χ4v) is 3.37. The van der Waals surface area contributed by atoms with Crippen molar-refractivity contribution in [3.05, 3.63) is 24.3 Å². The minimum Gasteiger partial charge on any atom is -0.322 e. The molecule has 3 atom stereocenters. The van der Waals surface area contributed by atoms with Gasteiger partial charge in [-0.05, 0) is 19.4 Å². The van der Waals surface area contributed by atoms with Crippen LogP contribution in [0, 0.1) is 0 Å². The molecule has 4 N–H and O–H groups in total. The number of sulfone groups is 1. The average molecular weight is 230 g/mol. The fraction of sp³-hybridized carbons (Fsp3) is 0.600. The number of nitrogens with two attached hydrogens (primary N) is 2. The van der Waals surface area contributed by atoms with Crippen molar-refractivity contribution in [1.29, 1.82) is 0 Å². The third-order valence-electron chi connectivity index (χ3n) is 2.90. The van der Waals surface area contributed by atoms with Crippen LogP contribution in [0.5, 0.6) is 0 Å². The fourth-order valence-electron chi connectivity index (χ4n) is 1.50. The van der Waals surface area contributed by atoms with Crippen molar-refractivity contribution in [1.82, 2.24) is 0 Å². The molecule has 3 unspecified atom stereocenters. The molecule has 86 valence electrons. The first-order valence-electron chi connectivity index (χ1n) is 5.00. The van der Waals surface area contributed by atoms with E-state index in [1.54, 1.807) is 25.2 Å². The quantitative estimate of drug-likeness (QED) is 0.730. The van der Waals surface area contributed by atoms with E-state index in [0.717, 1.165) is 0 Å². The summed E-state index contributed by atoms with van der Waals surface area (Å²) in [7, 11) is -3.45. The molecule has 0 fully saturated rings. The van der Waals surface area contributed by atoms with E-state index in [4.69, 9.17) is 11.5 Å². The van der Waals surface area contributed by atoms with Gasteiger partial charge in [0, 0.05) is 0 Å². The van der Waals surface area contributed by atoms with Crippen LogP contribution in [0.1, 0.15) is 20.3 Å². The highest BCUT2D eigenvalue weighted by Crippen LogP contribution is 2.25. The summed E-state index contributed by atoms with van der Waals surface area (Å²) < 4.78 is 24.3. The summed E-state index contributed by atoms with van der Waals surface area (Å²) in [6, 6.07) is -0.679. The lowest BCUT2D eigenvalue weighted by Crippen LogP contribution is -2.61. The van der Waals surface area contributed by atoms with Gasteiger partial charge in [0.1, 0.15) is 0 Å². The first kappa shape index (κ1) is 12.4. The zero-order chi connectivity index (χ0) is 11.7. The van der Waals surface area contributed by atoms with Gasteiger partial charge in [0.05, 0.1) is 11.3 Å². The van der Waals surface area contributed by atoms with Crippen LogP contribution in [0.4, 0.5) is 0 Å². The third kappa shape index (κ3) is 1.87. The minimum absolute atomic E-state index is 0.482. The van der Waals surface area contributed by atoms with Crippen molar-refractivity contribution in [2.75, 3.05) is 0 Å². The van der Waals surface area contributed by atoms with Gasteiger partial charge in [-0.3, -0.25) is 0 Å². The molecule has 0 aromatic carbocycles. The first-order chi connectivity index (χ1) is 6.86. The average Bonchev–Trinajstić information content (AvgIpc) is 2.21. The van der Waals surface area contributed by atoms with Crippen molar-refractivity contribution < 1.29 is 8.42 Å². The van der Waals surface area contributed by atoms with Gasteiger partial charge in [-0.25, -0.2) is 8.42 Å². The van der Waals surface area contributed by atoms with E-state index in [0.29, 0.717) is 6.42 Å². The van der Waals surface area contributed by atoms with Gasteiger partial charge >= 0.3 is 0 Å². The lowest BCUT2D eigenvalue weighted by Gasteiger charge is -2.34. The Hall–Kier alpha value is -0.650. The van der Waals surface area contributed by atoms with Crippen LogP contribution in [0.25, 0.3) is 0 Å². The molecule has 0 saturated heterocycles. The van der Waals surface area contributed by atoms with Gasteiger partial charge in [0.25, 0.3) is 0 Å². The molecule has 1 aliphatic rings. The Kier molecular flexibility index (Phi) is 3.38. The predicted molar refractivity (Wildman–Crippen MR) is 61.8 cm³/mol. The second-order valence-electron chi connectivity index (χ2n) is 3.89. The number of hydrogen-bond acceptors (Lipinski definition) is 4. The van der Waals surface area contributed by atoms with E-state index in [9.17, 15) is 8.42 Å². The molecule has 5 heteroatoms. The van der Waals surface area contributed by atoms with Crippen molar-refractivity contribution in [3.8, 4) is 0 Å². The summed E-state index contributed by atoms with van der Waals surface area (Å²) in [5.74, 6) is 0. The van der Waals surface area contributed by atoms with Gasteiger partial charge in [-0.1, -0.05) is 25.2 Å². The van der Waals surface area contributed by atoms with Crippen molar-refractivity contribution in [2.45, 2.75) is 36.4 Å². The minimum atomic E-state index is -3.45. The largest absolute Gasteiger partial charge is 0.322 e. The van der Waals surface area contributed by atoms with Crippen LogP contribution in [0.2, 0.25) is 0 Å². The molecule has 15 heavy (non-hydrogen) atoms. The van der Waals surface area contributed by atoms with E-state index in [1.165, 1.54) is 6.08 Å². The molecule has 0 bridgehead atoms. The highest BCUT2D eigenvalue weighted by molar-refractivity contribution is 7.93. The maximum absolute atomic E-state index is 12.2. The summed E-state index contributed by atoms with van der Waals surface area (Å²) in [6.45, 7) is 3.47. The molecule has 0 amide bonds. The van der Waals surface area contributed by atoms with Crippen LogP contribution in [0.15, 0.2) is 24.3 Å². The van der Waals surface area contributed by atoms with Crippen molar-refractivity contribution in [3.63, 3.8) is 0 Å². The Morgan fingerprint density at radius 3 is 2.53 bits per heavy atom. The molecule has 0 aliphatic heterocycles. The van der Waals surface area contributed by atoms with Crippen LogP contribution in [0.3, 0.4) is 0 Å². The number of allylic oxidation sites excluding steroid dienone is 2. The van der Waals surface area contributed by atoms with Gasteiger partial charge in [-0.15, -0.1) is 0 Å². The summed E-state index contributed by atoms with van der Waals surface area (Å²) in [5, 5.41) is -0.482. The van der Waals surface area contributed by atoms with E-state index < -0.39 is 26.0 Å².